The average molecular weight is 325 g/mol. The molecule has 0 atom stereocenters. The number of benzene rings is 1. The van der Waals surface area contributed by atoms with Gasteiger partial charge in [-0.05, 0) is 29.1 Å². The van der Waals surface area contributed by atoms with Crippen molar-refractivity contribution in [3.05, 3.63) is 51.5 Å². The molecule has 1 aromatic carbocycles. The number of rotatable bonds is 4. The summed E-state index contributed by atoms with van der Waals surface area (Å²) in [5.41, 5.74) is 2.52. The van der Waals surface area contributed by atoms with Crippen molar-refractivity contribution in [1.82, 2.24) is 19.9 Å². The molecule has 0 radical (unpaired) electrons. The molecule has 4 aromatic rings. The predicted octanol–water partition coefficient (Wildman–Crippen LogP) is 3.04. The van der Waals surface area contributed by atoms with Gasteiger partial charge in [0.25, 0.3) is 0 Å². The number of fused-ring (bicyclic) bond motifs is 2. The number of aryl methyl sites for hydroxylation is 1. The quantitative estimate of drug-likeness (QED) is 0.538. The van der Waals surface area contributed by atoms with Gasteiger partial charge < -0.3 is 15.3 Å². The van der Waals surface area contributed by atoms with E-state index in [0.29, 0.717) is 6.54 Å². The molecule has 0 saturated heterocycles. The van der Waals surface area contributed by atoms with Gasteiger partial charge in [-0.25, -0.2) is 14.8 Å². The van der Waals surface area contributed by atoms with Gasteiger partial charge in [0, 0.05) is 13.0 Å². The first-order chi connectivity index (χ1) is 11.2. The van der Waals surface area contributed by atoms with E-state index < -0.39 is 0 Å². The molecule has 0 spiro atoms. The standard InChI is InChI=1S/C16H15N5OS/c1-2-13-20-14(10-5-6-23-15(10)21-13)17-8-9-3-4-11-12(7-9)19-16(22)18-11/h3-7H,2,8H2,1H3,(H,17,20,21)(H2,18,19,22). The van der Waals surface area contributed by atoms with Crippen LogP contribution >= 0.6 is 11.3 Å². The molecule has 4 rings (SSSR count). The van der Waals surface area contributed by atoms with Crippen LogP contribution in [-0.2, 0) is 13.0 Å². The molecule has 0 amide bonds. The topological polar surface area (TPSA) is 86.5 Å². The van der Waals surface area contributed by atoms with Crippen LogP contribution in [0.5, 0.6) is 0 Å². The van der Waals surface area contributed by atoms with Gasteiger partial charge in [-0.15, -0.1) is 11.3 Å². The molecule has 3 heterocycles. The number of aromatic nitrogens is 4. The summed E-state index contributed by atoms with van der Waals surface area (Å²) in [7, 11) is 0. The Hall–Kier alpha value is -2.67. The zero-order chi connectivity index (χ0) is 15.8. The van der Waals surface area contributed by atoms with E-state index in [1.54, 1.807) is 11.3 Å². The van der Waals surface area contributed by atoms with Crippen molar-refractivity contribution in [2.45, 2.75) is 19.9 Å². The maximum atomic E-state index is 11.3. The van der Waals surface area contributed by atoms with E-state index in [4.69, 9.17) is 0 Å². The fourth-order valence-electron chi connectivity index (χ4n) is 2.57. The van der Waals surface area contributed by atoms with Gasteiger partial charge in [-0.1, -0.05) is 13.0 Å². The van der Waals surface area contributed by atoms with Crippen molar-refractivity contribution in [1.29, 1.82) is 0 Å². The Morgan fingerprint density at radius 2 is 2.04 bits per heavy atom. The third-order valence-corrected chi connectivity index (χ3v) is 4.53. The lowest BCUT2D eigenvalue weighted by Gasteiger charge is -2.08. The molecule has 0 aliphatic rings. The second-order valence-electron chi connectivity index (χ2n) is 5.29. The first-order valence-electron chi connectivity index (χ1n) is 7.42. The first kappa shape index (κ1) is 14.0. The summed E-state index contributed by atoms with van der Waals surface area (Å²) < 4.78 is 0. The van der Waals surface area contributed by atoms with E-state index in [-0.39, 0.29) is 5.69 Å². The maximum Gasteiger partial charge on any atom is 0.323 e. The number of anilines is 1. The normalized spacial score (nSPS) is 11.3. The van der Waals surface area contributed by atoms with Crippen LogP contribution < -0.4 is 11.0 Å². The lowest BCUT2D eigenvalue weighted by Crippen LogP contribution is -2.04. The number of H-pyrrole nitrogens is 2. The zero-order valence-corrected chi connectivity index (χ0v) is 13.3. The van der Waals surface area contributed by atoms with Crippen molar-refractivity contribution in [2.75, 3.05) is 5.32 Å². The van der Waals surface area contributed by atoms with Crippen LogP contribution in [0.25, 0.3) is 21.3 Å². The SMILES string of the molecule is CCc1nc(NCc2ccc3[nH]c(=O)[nH]c3c2)c2ccsc2n1. The fourth-order valence-corrected chi connectivity index (χ4v) is 3.35. The maximum absolute atomic E-state index is 11.3. The molecular formula is C16H15N5OS. The summed E-state index contributed by atoms with van der Waals surface area (Å²) in [6, 6.07) is 7.90. The molecule has 116 valence electrons. The molecule has 3 N–H and O–H groups in total. The second-order valence-corrected chi connectivity index (χ2v) is 6.19. The monoisotopic (exact) mass is 325 g/mol. The summed E-state index contributed by atoms with van der Waals surface area (Å²) in [5, 5.41) is 6.46. The van der Waals surface area contributed by atoms with Crippen molar-refractivity contribution < 1.29 is 0 Å². The Kier molecular flexibility index (Phi) is 3.34. The summed E-state index contributed by atoms with van der Waals surface area (Å²) >= 11 is 1.62. The van der Waals surface area contributed by atoms with Crippen molar-refractivity contribution in [2.24, 2.45) is 0 Å². The van der Waals surface area contributed by atoms with Gasteiger partial charge in [0.2, 0.25) is 0 Å². The van der Waals surface area contributed by atoms with Crippen LogP contribution in [0.3, 0.4) is 0 Å². The Morgan fingerprint density at radius 3 is 2.91 bits per heavy atom. The number of hydrogen-bond donors (Lipinski definition) is 3. The highest BCUT2D eigenvalue weighted by molar-refractivity contribution is 7.16. The molecule has 0 aliphatic carbocycles. The van der Waals surface area contributed by atoms with Gasteiger partial charge in [0.15, 0.2) is 0 Å². The largest absolute Gasteiger partial charge is 0.365 e. The highest BCUT2D eigenvalue weighted by Crippen LogP contribution is 2.25. The minimum absolute atomic E-state index is 0.187. The van der Waals surface area contributed by atoms with Crippen molar-refractivity contribution in [3.63, 3.8) is 0 Å². The van der Waals surface area contributed by atoms with Gasteiger partial charge in [-0.3, -0.25) is 0 Å². The van der Waals surface area contributed by atoms with Crippen molar-refractivity contribution in [3.8, 4) is 0 Å². The average Bonchev–Trinajstić information content (AvgIpc) is 3.16. The Morgan fingerprint density at radius 1 is 1.17 bits per heavy atom. The molecule has 7 heteroatoms. The van der Waals surface area contributed by atoms with E-state index in [9.17, 15) is 4.79 Å². The predicted molar refractivity (Wildman–Crippen MR) is 93.0 cm³/mol. The number of aromatic amines is 2. The van der Waals surface area contributed by atoms with Crippen LogP contribution in [0.1, 0.15) is 18.3 Å². The van der Waals surface area contributed by atoms with Gasteiger partial charge in [0.05, 0.1) is 16.4 Å². The second kappa shape index (κ2) is 5.51. The smallest absolute Gasteiger partial charge is 0.323 e. The molecule has 0 aliphatic heterocycles. The van der Waals surface area contributed by atoms with Crippen LogP contribution in [0, 0.1) is 0 Å². The third-order valence-electron chi connectivity index (χ3n) is 3.73. The fraction of sp³-hybridized carbons (Fsp3) is 0.188. The molecule has 3 aromatic heterocycles. The molecule has 23 heavy (non-hydrogen) atoms. The van der Waals surface area contributed by atoms with Crippen LogP contribution in [0.15, 0.2) is 34.4 Å². The number of thiophene rings is 1. The van der Waals surface area contributed by atoms with Crippen LogP contribution in [0.2, 0.25) is 0 Å². The highest BCUT2D eigenvalue weighted by Gasteiger charge is 2.08. The summed E-state index contributed by atoms with van der Waals surface area (Å²) in [6.45, 7) is 2.68. The lowest BCUT2D eigenvalue weighted by molar-refractivity contribution is 0.957. The molecule has 0 fully saturated rings. The number of nitrogens with zero attached hydrogens (tertiary/aromatic N) is 2. The minimum atomic E-state index is -0.187. The zero-order valence-electron chi connectivity index (χ0n) is 12.5. The lowest BCUT2D eigenvalue weighted by atomic mass is 10.2. The van der Waals surface area contributed by atoms with E-state index in [1.807, 2.05) is 29.6 Å². The number of imidazole rings is 1. The molecule has 0 bridgehead atoms. The summed E-state index contributed by atoms with van der Waals surface area (Å²) in [5.74, 6) is 1.70. The van der Waals surface area contributed by atoms with Gasteiger partial charge in [-0.2, -0.15) is 0 Å². The molecule has 0 unspecified atom stereocenters. The van der Waals surface area contributed by atoms with E-state index >= 15 is 0 Å². The molecule has 6 nitrogen and oxygen atoms in total. The highest BCUT2D eigenvalue weighted by atomic mass is 32.1. The molecule has 0 saturated carbocycles. The van der Waals surface area contributed by atoms with Crippen LogP contribution in [0.4, 0.5) is 5.82 Å². The van der Waals surface area contributed by atoms with Gasteiger partial charge >= 0.3 is 5.69 Å². The van der Waals surface area contributed by atoms with E-state index in [1.165, 1.54) is 0 Å². The summed E-state index contributed by atoms with van der Waals surface area (Å²) in [4.78, 5) is 27.0. The van der Waals surface area contributed by atoms with Crippen molar-refractivity contribution >= 4 is 38.4 Å². The van der Waals surface area contributed by atoms with Crippen LogP contribution in [-0.4, -0.2) is 19.9 Å². The molecular weight excluding hydrogens is 310 g/mol. The van der Waals surface area contributed by atoms with Gasteiger partial charge in [0.1, 0.15) is 16.5 Å². The Bertz CT molecular complexity index is 1050. The minimum Gasteiger partial charge on any atom is -0.365 e. The number of nitrogens with one attached hydrogen (secondary N) is 3. The van der Waals surface area contributed by atoms with E-state index in [2.05, 4.69) is 32.2 Å². The Balaban J connectivity index is 1.64. The van der Waals surface area contributed by atoms with E-state index in [0.717, 1.165) is 44.9 Å². The number of hydrogen-bond acceptors (Lipinski definition) is 5. The third kappa shape index (κ3) is 2.59. The first-order valence-corrected chi connectivity index (χ1v) is 8.30. The summed E-state index contributed by atoms with van der Waals surface area (Å²) in [6.07, 6.45) is 0.805. The Labute approximate surface area is 135 Å².